The van der Waals surface area contributed by atoms with Gasteiger partial charge >= 0.3 is 0 Å². The summed E-state index contributed by atoms with van der Waals surface area (Å²) < 4.78 is 0. The number of para-hydroxylation sites is 1. The van der Waals surface area contributed by atoms with E-state index in [9.17, 15) is 15.0 Å². The SMILES string of the molecule is CCCCN1C(=O)[C@](O)(C[C@H](C)O)c2ccccc21. The number of rotatable bonds is 5. The smallest absolute Gasteiger partial charge is 0.263 e. The molecule has 0 saturated heterocycles. The second-order valence-electron chi connectivity index (χ2n) is 5.24. The fourth-order valence-corrected chi connectivity index (χ4v) is 2.67. The van der Waals surface area contributed by atoms with E-state index in [1.54, 1.807) is 17.9 Å². The van der Waals surface area contributed by atoms with Crippen molar-refractivity contribution in [3.8, 4) is 0 Å². The topological polar surface area (TPSA) is 60.8 Å². The van der Waals surface area contributed by atoms with Crippen LogP contribution in [0.3, 0.4) is 0 Å². The number of amides is 1. The van der Waals surface area contributed by atoms with Crippen LogP contribution in [-0.4, -0.2) is 28.8 Å². The Bertz CT molecular complexity index is 472. The summed E-state index contributed by atoms with van der Waals surface area (Å²) in [7, 11) is 0. The fraction of sp³-hybridized carbons (Fsp3) is 0.533. The zero-order valence-electron chi connectivity index (χ0n) is 11.5. The van der Waals surface area contributed by atoms with Crippen LogP contribution in [0.25, 0.3) is 0 Å². The van der Waals surface area contributed by atoms with E-state index in [1.807, 2.05) is 18.2 Å². The van der Waals surface area contributed by atoms with Crippen LogP contribution in [0.15, 0.2) is 24.3 Å². The first-order valence-electron chi connectivity index (χ1n) is 6.82. The Morgan fingerprint density at radius 1 is 1.37 bits per heavy atom. The van der Waals surface area contributed by atoms with E-state index in [2.05, 4.69) is 6.92 Å². The van der Waals surface area contributed by atoms with E-state index in [0.29, 0.717) is 12.1 Å². The minimum atomic E-state index is -1.58. The molecule has 0 spiro atoms. The molecule has 4 heteroatoms. The first-order valence-corrected chi connectivity index (χ1v) is 6.82. The van der Waals surface area contributed by atoms with Gasteiger partial charge in [0.25, 0.3) is 5.91 Å². The van der Waals surface area contributed by atoms with Gasteiger partial charge in [-0.05, 0) is 19.4 Å². The molecule has 0 saturated carbocycles. The third-order valence-electron chi connectivity index (χ3n) is 3.57. The van der Waals surface area contributed by atoms with Gasteiger partial charge in [-0.3, -0.25) is 4.79 Å². The van der Waals surface area contributed by atoms with Crippen molar-refractivity contribution in [2.24, 2.45) is 0 Å². The molecule has 1 heterocycles. The van der Waals surface area contributed by atoms with E-state index in [1.165, 1.54) is 0 Å². The average molecular weight is 263 g/mol. The predicted molar refractivity (Wildman–Crippen MR) is 73.9 cm³/mol. The van der Waals surface area contributed by atoms with Gasteiger partial charge in [0.1, 0.15) is 0 Å². The van der Waals surface area contributed by atoms with Crippen LogP contribution in [0.1, 0.15) is 38.7 Å². The number of hydrogen-bond donors (Lipinski definition) is 2. The summed E-state index contributed by atoms with van der Waals surface area (Å²) >= 11 is 0. The van der Waals surface area contributed by atoms with Gasteiger partial charge in [0.2, 0.25) is 0 Å². The highest BCUT2D eigenvalue weighted by molar-refractivity contribution is 6.06. The highest BCUT2D eigenvalue weighted by Gasteiger charge is 2.49. The maximum atomic E-state index is 12.5. The Kier molecular flexibility index (Phi) is 3.92. The summed E-state index contributed by atoms with van der Waals surface area (Å²) in [6.07, 6.45) is 1.19. The lowest BCUT2D eigenvalue weighted by Gasteiger charge is -2.24. The second-order valence-corrected chi connectivity index (χ2v) is 5.24. The molecule has 2 N–H and O–H groups in total. The molecule has 1 aromatic carbocycles. The lowest BCUT2D eigenvalue weighted by Crippen LogP contribution is -2.42. The van der Waals surface area contributed by atoms with Gasteiger partial charge in [0, 0.05) is 18.5 Å². The van der Waals surface area contributed by atoms with Crippen molar-refractivity contribution in [1.82, 2.24) is 0 Å². The van der Waals surface area contributed by atoms with Gasteiger partial charge in [0.15, 0.2) is 5.60 Å². The molecule has 0 unspecified atom stereocenters. The van der Waals surface area contributed by atoms with Gasteiger partial charge in [-0.15, -0.1) is 0 Å². The monoisotopic (exact) mass is 263 g/mol. The van der Waals surface area contributed by atoms with Crippen LogP contribution in [-0.2, 0) is 10.4 Å². The van der Waals surface area contributed by atoms with Crippen molar-refractivity contribution in [1.29, 1.82) is 0 Å². The third-order valence-corrected chi connectivity index (χ3v) is 3.57. The molecule has 19 heavy (non-hydrogen) atoms. The first kappa shape index (κ1) is 14.0. The standard InChI is InChI=1S/C15H21NO3/c1-3-4-9-16-13-8-6-5-7-12(13)15(19,14(16)18)10-11(2)17/h5-8,11,17,19H,3-4,9-10H2,1-2H3/t11-,15-/m0/s1. The van der Waals surface area contributed by atoms with Crippen molar-refractivity contribution >= 4 is 11.6 Å². The zero-order chi connectivity index (χ0) is 14.0. The number of anilines is 1. The molecular formula is C15H21NO3. The molecule has 2 atom stereocenters. The molecular weight excluding hydrogens is 242 g/mol. The molecule has 0 aliphatic carbocycles. The van der Waals surface area contributed by atoms with E-state index >= 15 is 0 Å². The molecule has 0 radical (unpaired) electrons. The first-order chi connectivity index (χ1) is 9.00. The summed E-state index contributed by atoms with van der Waals surface area (Å²) in [5, 5.41) is 20.3. The third kappa shape index (κ3) is 2.38. The van der Waals surface area contributed by atoms with Crippen molar-refractivity contribution in [2.75, 3.05) is 11.4 Å². The summed E-state index contributed by atoms with van der Waals surface area (Å²) in [4.78, 5) is 14.1. The Labute approximate surface area is 113 Å². The lowest BCUT2D eigenvalue weighted by molar-refractivity contribution is -0.139. The number of fused-ring (bicyclic) bond motifs is 1. The summed E-state index contributed by atoms with van der Waals surface area (Å²) in [5.74, 6) is -0.317. The Morgan fingerprint density at radius 3 is 2.68 bits per heavy atom. The molecule has 1 aliphatic rings. The number of hydrogen-bond acceptors (Lipinski definition) is 3. The van der Waals surface area contributed by atoms with Gasteiger partial charge in [-0.2, -0.15) is 0 Å². The number of aliphatic hydroxyl groups is 2. The molecule has 1 aliphatic heterocycles. The Morgan fingerprint density at radius 2 is 2.05 bits per heavy atom. The minimum Gasteiger partial charge on any atom is -0.393 e. The summed E-state index contributed by atoms with van der Waals surface area (Å²) in [6, 6.07) is 7.28. The van der Waals surface area contributed by atoms with Crippen molar-refractivity contribution in [3.05, 3.63) is 29.8 Å². The van der Waals surface area contributed by atoms with Gasteiger partial charge in [-0.1, -0.05) is 31.5 Å². The van der Waals surface area contributed by atoms with Crippen molar-refractivity contribution < 1.29 is 15.0 Å². The molecule has 1 amide bonds. The summed E-state index contributed by atoms with van der Waals surface area (Å²) in [6.45, 7) is 4.26. The predicted octanol–water partition coefficient (Wildman–Crippen LogP) is 1.79. The number of carbonyl (C=O) groups is 1. The number of nitrogens with zero attached hydrogens (tertiary/aromatic N) is 1. The molecule has 1 aromatic rings. The number of unbranched alkanes of at least 4 members (excludes halogenated alkanes) is 1. The van der Waals surface area contributed by atoms with Gasteiger partial charge in [-0.25, -0.2) is 0 Å². The van der Waals surface area contributed by atoms with Crippen LogP contribution in [0.4, 0.5) is 5.69 Å². The van der Waals surface area contributed by atoms with E-state index < -0.39 is 11.7 Å². The molecule has 4 nitrogen and oxygen atoms in total. The molecule has 104 valence electrons. The van der Waals surface area contributed by atoms with E-state index in [-0.39, 0.29) is 12.3 Å². The van der Waals surface area contributed by atoms with E-state index in [0.717, 1.165) is 18.5 Å². The molecule has 0 fully saturated rings. The lowest BCUT2D eigenvalue weighted by atomic mass is 9.90. The van der Waals surface area contributed by atoms with Crippen LogP contribution < -0.4 is 4.90 Å². The quantitative estimate of drug-likeness (QED) is 0.851. The van der Waals surface area contributed by atoms with Gasteiger partial charge in [0.05, 0.1) is 11.8 Å². The van der Waals surface area contributed by atoms with Crippen molar-refractivity contribution in [3.63, 3.8) is 0 Å². The van der Waals surface area contributed by atoms with Crippen LogP contribution in [0.5, 0.6) is 0 Å². The van der Waals surface area contributed by atoms with E-state index in [4.69, 9.17) is 0 Å². The van der Waals surface area contributed by atoms with Crippen LogP contribution in [0, 0.1) is 0 Å². The number of benzene rings is 1. The highest BCUT2D eigenvalue weighted by atomic mass is 16.3. The maximum absolute atomic E-state index is 12.5. The van der Waals surface area contributed by atoms with Crippen molar-refractivity contribution in [2.45, 2.75) is 44.8 Å². The maximum Gasteiger partial charge on any atom is 0.263 e. The average Bonchev–Trinajstić information content (AvgIpc) is 2.57. The molecule has 2 rings (SSSR count). The largest absolute Gasteiger partial charge is 0.393 e. The second kappa shape index (κ2) is 5.31. The molecule has 0 aromatic heterocycles. The normalized spacial score (nSPS) is 23.6. The fourth-order valence-electron chi connectivity index (χ4n) is 2.67. The molecule has 0 bridgehead atoms. The Hall–Kier alpha value is -1.39. The number of aliphatic hydroxyl groups excluding tert-OH is 1. The minimum absolute atomic E-state index is 0.0332. The van der Waals surface area contributed by atoms with Gasteiger partial charge < -0.3 is 15.1 Å². The Balaban J connectivity index is 2.40. The number of carbonyl (C=O) groups excluding carboxylic acids is 1. The van der Waals surface area contributed by atoms with Crippen LogP contribution >= 0.6 is 0 Å². The van der Waals surface area contributed by atoms with Crippen LogP contribution in [0.2, 0.25) is 0 Å². The summed E-state index contributed by atoms with van der Waals surface area (Å²) in [5.41, 5.74) is -0.209. The zero-order valence-corrected chi connectivity index (χ0v) is 11.5. The highest BCUT2D eigenvalue weighted by Crippen LogP contribution is 2.42.